The zero-order valence-corrected chi connectivity index (χ0v) is 11.2. The number of hydrogen-bond acceptors (Lipinski definition) is 4. The van der Waals surface area contributed by atoms with E-state index in [2.05, 4.69) is 41.6 Å². The first-order valence-corrected chi connectivity index (χ1v) is 6.98. The minimum absolute atomic E-state index is 0.337. The summed E-state index contributed by atoms with van der Waals surface area (Å²) in [6, 6.07) is 8.87. The topological polar surface area (TPSA) is 125 Å². The molecule has 1 aliphatic rings. The molecule has 0 saturated heterocycles. The van der Waals surface area contributed by atoms with E-state index in [0.717, 1.165) is 6.42 Å². The molecule has 5 N–H and O–H groups in total. The van der Waals surface area contributed by atoms with Crippen molar-refractivity contribution in [1.29, 1.82) is 0 Å². The Kier molecular flexibility index (Phi) is 5.43. The number of benzene rings is 1. The second-order valence-corrected chi connectivity index (χ2v) is 5.05. The van der Waals surface area contributed by atoms with Crippen molar-refractivity contribution in [2.24, 2.45) is 10.8 Å². The number of nitrogens with zero attached hydrogens (tertiary/aromatic N) is 1. The summed E-state index contributed by atoms with van der Waals surface area (Å²) in [5.74, 6) is 5.65. The van der Waals surface area contributed by atoms with Gasteiger partial charge in [0.15, 0.2) is 0 Å². The summed E-state index contributed by atoms with van der Waals surface area (Å²) in [7, 11) is -4.67. The Morgan fingerprint density at radius 3 is 2.53 bits per heavy atom. The van der Waals surface area contributed by atoms with E-state index in [-0.39, 0.29) is 0 Å². The molecule has 0 amide bonds. The van der Waals surface area contributed by atoms with E-state index in [4.69, 9.17) is 23.4 Å². The second kappa shape index (κ2) is 6.62. The first-order valence-electron chi connectivity index (χ1n) is 5.58. The first-order chi connectivity index (χ1) is 8.83. The van der Waals surface area contributed by atoms with Crippen molar-refractivity contribution in [3.05, 3.63) is 35.4 Å². The van der Waals surface area contributed by atoms with Crippen LogP contribution in [-0.2, 0) is 16.8 Å². The van der Waals surface area contributed by atoms with Gasteiger partial charge in [-0.3, -0.25) is 14.1 Å². The molecule has 19 heavy (non-hydrogen) atoms. The second-order valence-electron chi connectivity index (χ2n) is 4.15. The van der Waals surface area contributed by atoms with Crippen LogP contribution in [0.25, 0.3) is 0 Å². The van der Waals surface area contributed by atoms with Crippen molar-refractivity contribution in [1.82, 2.24) is 5.43 Å². The largest absolute Gasteiger partial charge is 0.394 e. The summed E-state index contributed by atoms with van der Waals surface area (Å²) in [5.41, 5.74) is 5.29. The maximum Gasteiger partial charge on any atom is 0.394 e. The molecule has 1 aromatic carbocycles. The molecule has 0 spiro atoms. The standard InChI is InChI=1S/C11H15N3.H2O4S/c1-8-10-5-3-2-4-9(10)6-11(8)13-7-14-12;1-5(2,3)4/h2-5,7-8,11H,6,12H2,1H3,(H,13,14);(H2,1,2,3,4). The molecule has 2 unspecified atom stereocenters. The van der Waals surface area contributed by atoms with E-state index < -0.39 is 10.4 Å². The van der Waals surface area contributed by atoms with Gasteiger partial charge in [-0.25, -0.2) is 5.84 Å². The lowest BCUT2D eigenvalue weighted by atomic mass is 10.0. The van der Waals surface area contributed by atoms with E-state index in [1.807, 2.05) is 0 Å². The van der Waals surface area contributed by atoms with Crippen LogP contribution in [-0.4, -0.2) is 29.9 Å². The first kappa shape index (κ1) is 15.6. The highest BCUT2D eigenvalue weighted by Crippen LogP contribution is 2.34. The Hall–Kier alpha value is -1.48. The van der Waals surface area contributed by atoms with Gasteiger partial charge in [-0.05, 0) is 17.5 Å². The highest BCUT2D eigenvalue weighted by molar-refractivity contribution is 7.79. The number of nitrogens with two attached hydrogens (primary N) is 1. The lowest BCUT2D eigenvalue weighted by Gasteiger charge is -2.10. The highest BCUT2D eigenvalue weighted by Gasteiger charge is 2.27. The van der Waals surface area contributed by atoms with Gasteiger partial charge in [-0.1, -0.05) is 31.2 Å². The van der Waals surface area contributed by atoms with Gasteiger partial charge in [0.05, 0.1) is 12.4 Å². The fourth-order valence-corrected chi connectivity index (χ4v) is 2.09. The fourth-order valence-electron chi connectivity index (χ4n) is 2.09. The maximum absolute atomic E-state index is 8.74. The molecule has 106 valence electrons. The summed E-state index contributed by atoms with van der Waals surface area (Å²) >= 11 is 0. The van der Waals surface area contributed by atoms with Crippen LogP contribution in [0.15, 0.2) is 29.3 Å². The van der Waals surface area contributed by atoms with E-state index in [9.17, 15) is 0 Å². The molecule has 0 fully saturated rings. The van der Waals surface area contributed by atoms with Gasteiger partial charge in [0.25, 0.3) is 0 Å². The van der Waals surface area contributed by atoms with Crippen molar-refractivity contribution in [2.45, 2.75) is 25.3 Å². The quantitative estimate of drug-likeness (QED) is 0.207. The summed E-state index contributed by atoms with van der Waals surface area (Å²) < 4.78 is 31.6. The SMILES string of the molecule is CC1c2ccccc2CC1N=CNN.O=S(=O)(O)O. The molecule has 0 saturated carbocycles. The van der Waals surface area contributed by atoms with Gasteiger partial charge >= 0.3 is 10.4 Å². The van der Waals surface area contributed by atoms with E-state index >= 15 is 0 Å². The van der Waals surface area contributed by atoms with E-state index in [1.165, 1.54) is 11.1 Å². The normalized spacial score (nSPS) is 21.7. The molecule has 1 aliphatic carbocycles. The lowest BCUT2D eigenvalue weighted by molar-refractivity contribution is 0.381. The Bertz CT molecular complexity index is 537. The highest BCUT2D eigenvalue weighted by atomic mass is 32.3. The number of nitrogens with one attached hydrogen (secondary N) is 1. The Labute approximate surface area is 112 Å². The van der Waals surface area contributed by atoms with E-state index in [1.54, 1.807) is 6.34 Å². The molecule has 8 heteroatoms. The van der Waals surface area contributed by atoms with Gasteiger partial charge in [-0.2, -0.15) is 8.42 Å². The molecular weight excluding hydrogens is 270 g/mol. The fraction of sp³-hybridized carbons (Fsp3) is 0.364. The monoisotopic (exact) mass is 287 g/mol. The molecule has 0 bridgehead atoms. The molecule has 0 radical (unpaired) electrons. The minimum atomic E-state index is -4.67. The van der Waals surface area contributed by atoms with Crippen LogP contribution in [0.2, 0.25) is 0 Å². The number of hydrogen-bond donors (Lipinski definition) is 4. The van der Waals surface area contributed by atoms with Crippen LogP contribution in [0.5, 0.6) is 0 Å². The Morgan fingerprint density at radius 1 is 1.42 bits per heavy atom. The molecule has 0 aliphatic heterocycles. The lowest BCUT2D eigenvalue weighted by Crippen LogP contribution is -2.21. The van der Waals surface area contributed by atoms with Crippen LogP contribution < -0.4 is 11.3 Å². The van der Waals surface area contributed by atoms with Gasteiger partial charge in [-0.15, -0.1) is 0 Å². The predicted octanol–water partition coefficient (Wildman–Crippen LogP) is 0.554. The third-order valence-corrected chi connectivity index (χ3v) is 2.89. The van der Waals surface area contributed by atoms with Gasteiger partial charge < -0.3 is 5.43 Å². The van der Waals surface area contributed by atoms with Crippen molar-refractivity contribution < 1.29 is 17.5 Å². The van der Waals surface area contributed by atoms with Crippen LogP contribution in [0.1, 0.15) is 24.0 Å². The average Bonchev–Trinajstić information content (AvgIpc) is 2.62. The van der Waals surface area contributed by atoms with Gasteiger partial charge in [0.2, 0.25) is 0 Å². The van der Waals surface area contributed by atoms with Crippen molar-refractivity contribution >= 4 is 16.7 Å². The Balaban J connectivity index is 0.000000312. The van der Waals surface area contributed by atoms with Crippen LogP contribution in [0.3, 0.4) is 0 Å². The number of aliphatic imine (C=N–C) groups is 1. The minimum Gasteiger partial charge on any atom is -0.315 e. The molecule has 1 aromatic rings. The molecule has 7 nitrogen and oxygen atoms in total. The average molecular weight is 287 g/mol. The molecule has 2 rings (SSSR count). The zero-order chi connectivity index (χ0) is 14.5. The molecule has 0 heterocycles. The summed E-state index contributed by atoms with van der Waals surface area (Å²) in [5, 5.41) is 0. The van der Waals surface area contributed by atoms with Crippen molar-refractivity contribution in [3.63, 3.8) is 0 Å². The molecule has 2 atom stereocenters. The van der Waals surface area contributed by atoms with Crippen LogP contribution >= 0.6 is 0 Å². The van der Waals surface area contributed by atoms with Crippen LogP contribution in [0, 0.1) is 0 Å². The summed E-state index contributed by atoms with van der Waals surface area (Å²) in [4.78, 5) is 4.38. The number of rotatable bonds is 2. The smallest absolute Gasteiger partial charge is 0.315 e. The van der Waals surface area contributed by atoms with Gasteiger partial charge in [0, 0.05) is 5.92 Å². The Morgan fingerprint density at radius 2 is 2.00 bits per heavy atom. The third-order valence-electron chi connectivity index (χ3n) is 2.89. The maximum atomic E-state index is 8.74. The molecule has 0 aromatic heterocycles. The number of fused-ring (bicyclic) bond motifs is 1. The van der Waals surface area contributed by atoms with Gasteiger partial charge in [0.1, 0.15) is 0 Å². The van der Waals surface area contributed by atoms with Crippen LogP contribution in [0.4, 0.5) is 0 Å². The third kappa shape index (κ3) is 5.35. The summed E-state index contributed by atoms with van der Waals surface area (Å²) in [6.07, 6.45) is 2.60. The zero-order valence-electron chi connectivity index (χ0n) is 10.4. The van der Waals surface area contributed by atoms with Crippen molar-refractivity contribution in [2.75, 3.05) is 0 Å². The molecular formula is C11H17N3O4S. The summed E-state index contributed by atoms with van der Waals surface area (Å²) in [6.45, 7) is 2.21. The van der Waals surface area contributed by atoms with E-state index in [0.29, 0.717) is 12.0 Å². The van der Waals surface area contributed by atoms with Crippen molar-refractivity contribution in [3.8, 4) is 0 Å². The number of hydrazine groups is 1. The predicted molar refractivity (Wildman–Crippen MR) is 72.3 cm³/mol.